The summed E-state index contributed by atoms with van der Waals surface area (Å²) in [4.78, 5) is 28.7. The SMILES string of the molecule is COc1ccc(OCC(=O)N(Cc2cccc(OC)c2)[C@@H](Cc2ccccc2)C(=O)NCC(C)C)cc1. The first-order valence-corrected chi connectivity index (χ1v) is 12.4. The lowest BCUT2D eigenvalue weighted by atomic mass is 10.0. The number of hydrogen-bond donors (Lipinski definition) is 1. The van der Waals surface area contributed by atoms with E-state index < -0.39 is 6.04 Å². The minimum atomic E-state index is -0.723. The smallest absolute Gasteiger partial charge is 0.261 e. The van der Waals surface area contributed by atoms with Crippen LogP contribution in [0.5, 0.6) is 17.2 Å². The van der Waals surface area contributed by atoms with Crippen LogP contribution >= 0.6 is 0 Å². The zero-order chi connectivity index (χ0) is 26.6. The maximum Gasteiger partial charge on any atom is 0.261 e. The Morgan fingerprint density at radius 3 is 2.11 bits per heavy atom. The van der Waals surface area contributed by atoms with Crippen LogP contribution in [0.15, 0.2) is 78.9 Å². The van der Waals surface area contributed by atoms with Crippen molar-refractivity contribution >= 4 is 11.8 Å². The van der Waals surface area contributed by atoms with Crippen LogP contribution in [0.3, 0.4) is 0 Å². The number of ether oxygens (including phenoxy) is 3. The molecule has 1 N–H and O–H groups in total. The van der Waals surface area contributed by atoms with Crippen LogP contribution in [0.4, 0.5) is 0 Å². The number of nitrogens with zero attached hydrogens (tertiary/aromatic N) is 1. The van der Waals surface area contributed by atoms with E-state index in [0.717, 1.165) is 11.1 Å². The normalized spacial score (nSPS) is 11.5. The molecule has 0 aliphatic carbocycles. The summed E-state index contributed by atoms with van der Waals surface area (Å²) in [6, 6.07) is 23.5. The Morgan fingerprint density at radius 1 is 0.811 bits per heavy atom. The minimum absolute atomic E-state index is 0.196. The predicted octanol–water partition coefficient (Wildman–Crippen LogP) is 4.49. The van der Waals surface area contributed by atoms with Crippen LogP contribution in [0.1, 0.15) is 25.0 Å². The second kappa shape index (κ2) is 13.9. The highest BCUT2D eigenvalue weighted by Crippen LogP contribution is 2.20. The molecular weight excluding hydrogens is 468 g/mol. The van der Waals surface area contributed by atoms with E-state index in [0.29, 0.717) is 30.2 Å². The van der Waals surface area contributed by atoms with Gasteiger partial charge in [0.15, 0.2) is 6.61 Å². The fourth-order valence-electron chi connectivity index (χ4n) is 3.84. The van der Waals surface area contributed by atoms with Gasteiger partial charge in [-0.05, 0) is 53.4 Å². The van der Waals surface area contributed by atoms with Gasteiger partial charge in [0, 0.05) is 19.5 Å². The van der Waals surface area contributed by atoms with Gasteiger partial charge < -0.3 is 24.4 Å². The highest BCUT2D eigenvalue weighted by molar-refractivity contribution is 5.88. The second-order valence-electron chi connectivity index (χ2n) is 9.18. The third kappa shape index (κ3) is 8.56. The first-order valence-electron chi connectivity index (χ1n) is 12.4. The van der Waals surface area contributed by atoms with Gasteiger partial charge in [-0.15, -0.1) is 0 Å². The molecule has 0 aromatic heterocycles. The molecule has 37 heavy (non-hydrogen) atoms. The van der Waals surface area contributed by atoms with Gasteiger partial charge in [0.05, 0.1) is 14.2 Å². The van der Waals surface area contributed by atoms with Crippen molar-refractivity contribution in [3.8, 4) is 17.2 Å². The van der Waals surface area contributed by atoms with E-state index in [1.165, 1.54) is 0 Å². The Labute approximate surface area is 219 Å². The lowest BCUT2D eigenvalue weighted by Crippen LogP contribution is -2.52. The van der Waals surface area contributed by atoms with Gasteiger partial charge in [-0.1, -0.05) is 56.3 Å². The van der Waals surface area contributed by atoms with Crippen LogP contribution < -0.4 is 19.5 Å². The third-order valence-electron chi connectivity index (χ3n) is 5.86. The number of carbonyl (C=O) groups is 2. The van der Waals surface area contributed by atoms with Crippen LogP contribution in [-0.4, -0.2) is 50.1 Å². The molecular formula is C30H36N2O5. The molecule has 7 heteroatoms. The minimum Gasteiger partial charge on any atom is -0.497 e. The molecule has 3 aromatic carbocycles. The van der Waals surface area contributed by atoms with E-state index in [9.17, 15) is 9.59 Å². The molecule has 0 fully saturated rings. The maximum absolute atomic E-state index is 13.6. The summed E-state index contributed by atoms with van der Waals surface area (Å²) < 4.78 is 16.4. The standard InChI is InChI=1S/C30H36N2O5/c1-22(2)19-31-30(34)28(18-23-9-6-5-7-10-23)32(20-24-11-8-12-27(17-24)36-4)29(33)21-37-26-15-13-25(35-3)14-16-26/h5-17,22,28H,18-21H2,1-4H3,(H,31,34)/t28-/m0/s1. The summed E-state index contributed by atoms with van der Waals surface area (Å²) >= 11 is 0. The molecule has 0 radical (unpaired) electrons. The number of amides is 2. The molecule has 0 aliphatic heterocycles. The molecule has 3 rings (SSSR count). The van der Waals surface area contributed by atoms with Gasteiger partial charge in [-0.3, -0.25) is 9.59 Å². The number of methoxy groups -OCH3 is 2. The van der Waals surface area contributed by atoms with Crippen molar-refractivity contribution in [1.29, 1.82) is 0 Å². The van der Waals surface area contributed by atoms with Gasteiger partial charge in [-0.2, -0.15) is 0 Å². The fourth-order valence-corrected chi connectivity index (χ4v) is 3.84. The number of hydrogen-bond acceptors (Lipinski definition) is 5. The van der Waals surface area contributed by atoms with Crippen molar-refractivity contribution in [1.82, 2.24) is 10.2 Å². The van der Waals surface area contributed by atoms with E-state index in [4.69, 9.17) is 14.2 Å². The highest BCUT2D eigenvalue weighted by Gasteiger charge is 2.30. The average Bonchev–Trinajstić information content (AvgIpc) is 2.93. The van der Waals surface area contributed by atoms with Crippen molar-refractivity contribution in [2.75, 3.05) is 27.4 Å². The molecule has 0 saturated heterocycles. The molecule has 2 amide bonds. The van der Waals surface area contributed by atoms with Crippen LogP contribution in [0.25, 0.3) is 0 Å². The van der Waals surface area contributed by atoms with Gasteiger partial charge in [0.1, 0.15) is 23.3 Å². The fraction of sp³-hybridized carbons (Fsp3) is 0.333. The lowest BCUT2D eigenvalue weighted by molar-refractivity contribution is -0.142. The number of benzene rings is 3. The van der Waals surface area contributed by atoms with E-state index in [-0.39, 0.29) is 30.9 Å². The number of rotatable bonds is 13. The molecule has 0 bridgehead atoms. The van der Waals surface area contributed by atoms with Gasteiger partial charge in [0.2, 0.25) is 5.91 Å². The Morgan fingerprint density at radius 2 is 1.46 bits per heavy atom. The molecule has 0 heterocycles. The van der Waals surface area contributed by atoms with Crippen molar-refractivity contribution in [3.63, 3.8) is 0 Å². The summed E-state index contributed by atoms with van der Waals surface area (Å²) in [6.07, 6.45) is 0.378. The molecule has 0 spiro atoms. The van der Waals surface area contributed by atoms with E-state index in [1.54, 1.807) is 43.4 Å². The summed E-state index contributed by atoms with van der Waals surface area (Å²) in [5, 5.41) is 3.02. The van der Waals surface area contributed by atoms with Crippen molar-refractivity contribution in [2.45, 2.75) is 32.9 Å². The first kappa shape index (κ1) is 27.6. The van der Waals surface area contributed by atoms with Crippen molar-refractivity contribution < 1.29 is 23.8 Å². The summed E-state index contributed by atoms with van der Waals surface area (Å²) in [6.45, 7) is 4.62. The van der Waals surface area contributed by atoms with E-state index in [2.05, 4.69) is 5.32 Å². The molecule has 7 nitrogen and oxygen atoms in total. The molecule has 0 saturated carbocycles. The summed E-state index contributed by atoms with van der Waals surface area (Å²) in [7, 11) is 3.19. The zero-order valence-corrected chi connectivity index (χ0v) is 22.0. The first-order chi connectivity index (χ1) is 17.9. The Balaban J connectivity index is 1.89. The Kier molecular flexibility index (Phi) is 10.4. The predicted molar refractivity (Wildman–Crippen MR) is 144 cm³/mol. The van der Waals surface area contributed by atoms with Crippen LogP contribution in [0.2, 0.25) is 0 Å². The van der Waals surface area contributed by atoms with Gasteiger partial charge in [0.25, 0.3) is 5.91 Å². The largest absolute Gasteiger partial charge is 0.497 e. The summed E-state index contributed by atoms with van der Waals surface area (Å²) in [5.41, 5.74) is 1.82. The average molecular weight is 505 g/mol. The molecule has 0 aliphatic rings. The number of carbonyl (C=O) groups excluding carboxylic acids is 2. The quantitative estimate of drug-likeness (QED) is 0.371. The molecule has 0 unspecified atom stereocenters. The van der Waals surface area contributed by atoms with Crippen molar-refractivity contribution in [3.05, 3.63) is 90.0 Å². The Hall–Kier alpha value is -4.00. The topological polar surface area (TPSA) is 77.1 Å². The van der Waals surface area contributed by atoms with E-state index >= 15 is 0 Å². The van der Waals surface area contributed by atoms with E-state index in [1.807, 2.05) is 68.4 Å². The van der Waals surface area contributed by atoms with Crippen molar-refractivity contribution in [2.24, 2.45) is 5.92 Å². The Bertz CT molecular complexity index is 1130. The third-order valence-corrected chi connectivity index (χ3v) is 5.86. The lowest BCUT2D eigenvalue weighted by Gasteiger charge is -2.31. The highest BCUT2D eigenvalue weighted by atomic mass is 16.5. The summed E-state index contributed by atoms with van der Waals surface area (Å²) in [5.74, 6) is 1.71. The number of nitrogens with one attached hydrogen (secondary N) is 1. The maximum atomic E-state index is 13.6. The van der Waals surface area contributed by atoms with Gasteiger partial charge >= 0.3 is 0 Å². The monoisotopic (exact) mass is 504 g/mol. The van der Waals surface area contributed by atoms with Gasteiger partial charge in [-0.25, -0.2) is 0 Å². The van der Waals surface area contributed by atoms with Crippen LogP contribution in [-0.2, 0) is 22.6 Å². The molecule has 196 valence electrons. The zero-order valence-electron chi connectivity index (χ0n) is 22.0. The molecule has 1 atom stereocenters. The second-order valence-corrected chi connectivity index (χ2v) is 9.18. The van der Waals surface area contributed by atoms with Crippen LogP contribution in [0, 0.1) is 5.92 Å². The molecule has 3 aromatic rings.